The van der Waals surface area contributed by atoms with Gasteiger partial charge in [-0.05, 0) is 24.0 Å². The molecule has 2 fully saturated rings. The molecule has 0 radical (unpaired) electrons. The summed E-state index contributed by atoms with van der Waals surface area (Å²) in [5, 5.41) is 2.81. The number of hydrogen-bond acceptors (Lipinski definition) is 4. The van der Waals surface area contributed by atoms with Gasteiger partial charge in [-0.3, -0.25) is 19.3 Å². The Hall–Kier alpha value is -2.21. The van der Waals surface area contributed by atoms with Gasteiger partial charge in [0, 0.05) is 13.7 Å². The van der Waals surface area contributed by atoms with E-state index in [1.54, 1.807) is 7.11 Å². The summed E-state index contributed by atoms with van der Waals surface area (Å²) >= 11 is 0. The Balaban J connectivity index is 1.58. The molecule has 2 unspecified atom stereocenters. The molecule has 6 heteroatoms. The lowest BCUT2D eigenvalue weighted by molar-refractivity contribution is -0.143. The molecule has 134 valence electrons. The van der Waals surface area contributed by atoms with Crippen molar-refractivity contribution in [1.29, 1.82) is 0 Å². The second kappa shape index (κ2) is 7.78. The van der Waals surface area contributed by atoms with Crippen LogP contribution in [0.25, 0.3) is 0 Å². The minimum atomic E-state index is -0.312. The van der Waals surface area contributed by atoms with E-state index in [4.69, 9.17) is 4.74 Å². The SMILES string of the molecule is COCc1ccccc1CNC(=O)CN1C(=O)C2CCCCC2C1=O. The van der Waals surface area contributed by atoms with E-state index in [0.717, 1.165) is 41.7 Å². The molecule has 1 heterocycles. The zero-order valence-electron chi connectivity index (χ0n) is 14.5. The van der Waals surface area contributed by atoms with Gasteiger partial charge in [0.25, 0.3) is 0 Å². The number of methoxy groups -OCH3 is 1. The van der Waals surface area contributed by atoms with Gasteiger partial charge in [-0.1, -0.05) is 37.1 Å². The maximum Gasteiger partial charge on any atom is 0.240 e. The highest BCUT2D eigenvalue weighted by atomic mass is 16.5. The summed E-state index contributed by atoms with van der Waals surface area (Å²) in [6, 6.07) is 7.69. The third-order valence-corrected chi connectivity index (χ3v) is 5.13. The van der Waals surface area contributed by atoms with Gasteiger partial charge in [-0.25, -0.2) is 0 Å². The molecule has 1 saturated carbocycles. The van der Waals surface area contributed by atoms with Gasteiger partial charge in [-0.15, -0.1) is 0 Å². The van der Waals surface area contributed by atoms with Crippen LogP contribution in [0.4, 0.5) is 0 Å². The topological polar surface area (TPSA) is 75.7 Å². The first-order valence-corrected chi connectivity index (χ1v) is 8.79. The number of carbonyl (C=O) groups excluding carboxylic acids is 3. The predicted molar refractivity (Wildman–Crippen MR) is 91.2 cm³/mol. The Morgan fingerprint density at radius 1 is 1.12 bits per heavy atom. The summed E-state index contributed by atoms with van der Waals surface area (Å²) in [6.45, 7) is 0.636. The fourth-order valence-corrected chi connectivity index (χ4v) is 3.81. The van der Waals surface area contributed by atoms with Gasteiger partial charge in [0.05, 0.1) is 18.4 Å². The standard InChI is InChI=1S/C19H24N2O4/c1-25-12-14-7-3-2-6-13(14)10-20-17(22)11-21-18(23)15-8-4-5-9-16(15)19(21)24/h2-3,6-7,15-16H,4-5,8-12H2,1H3,(H,20,22). The van der Waals surface area contributed by atoms with Crippen LogP contribution in [0, 0.1) is 11.8 Å². The molecule has 6 nitrogen and oxygen atoms in total. The van der Waals surface area contributed by atoms with Crippen molar-refractivity contribution in [2.75, 3.05) is 13.7 Å². The van der Waals surface area contributed by atoms with Gasteiger partial charge in [0.1, 0.15) is 6.54 Å². The molecule has 0 aromatic heterocycles. The Labute approximate surface area is 147 Å². The Morgan fingerprint density at radius 3 is 2.32 bits per heavy atom. The number of likely N-dealkylation sites (tertiary alicyclic amines) is 1. The van der Waals surface area contributed by atoms with Crippen LogP contribution in [0.15, 0.2) is 24.3 Å². The summed E-state index contributed by atoms with van der Waals surface area (Å²) < 4.78 is 5.16. The number of amides is 3. The molecule has 25 heavy (non-hydrogen) atoms. The number of fused-ring (bicyclic) bond motifs is 1. The van der Waals surface area contributed by atoms with Crippen molar-refractivity contribution in [3.8, 4) is 0 Å². The molecule has 3 amide bonds. The monoisotopic (exact) mass is 344 g/mol. The lowest BCUT2D eigenvalue weighted by Gasteiger charge is -2.19. The van der Waals surface area contributed by atoms with Crippen molar-refractivity contribution in [2.24, 2.45) is 11.8 Å². The largest absolute Gasteiger partial charge is 0.380 e. The third kappa shape index (κ3) is 3.74. The van der Waals surface area contributed by atoms with Crippen LogP contribution < -0.4 is 5.32 Å². The number of hydrogen-bond donors (Lipinski definition) is 1. The maximum atomic E-state index is 12.4. The second-order valence-electron chi connectivity index (χ2n) is 6.74. The van der Waals surface area contributed by atoms with Crippen molar-refractivity contribution in [1.82, 2.24) is 10.2 Å². The van der Waals surface area contributed by atoms with Gasteiger partial charge in [0.15, 0.2) is 0 Å². The molecule has 0 spiro atoms. The summed E-state index contributed by atoms with van der Waals surface area (Å²) in [4.78, 5) is 38.2. The van der Waals surface area contributed by atoms with Crippen LogP contribution in [-0.2, 0) is 32.3 Å². The number of nitrogens with zero attached hydrogens (tertiary/aromatic N) is 1. The highest BCUT2D eigenvalue weighted by molar-refractivity contribution is 6.07. The van der Waals surface area contributed by atoms with Crippen LogP contribution in [0.1, 0.15) is 36.8 Å². The number of nitrogens with one attached hydrogen (secondary N) is 1. The Kier molecular flexibility index (Phi) is 5.48. The minimum absolute atomic E-state index is 0.176. The molecule has 2 atom stereocenters. The van der Waals surface area contributed by atoms with Crippen molar-refractivity contribution in [2.45, 2.75) is 38.8 Å². The Morgan fingerprint density at radius 2 is 1.72 bits per heavy atom. The maximum absolute atomic E-state index is 12.4. The van der Waals surface area contributed by atoms with E-state index in [9.17, 15) is 14.4 Å². The van der Waals surface area contributed by atoms with E-state index >= 15 is 0 Å². The number of imide groups is 1. The molecule has 1 aromatic rings. The van der Waals surface area contributed by atoms with Gasteiger partial charge in [-0.2, -0.15) is 0 Å². The molecular weight excluding hydrogens is 320 g/mol. The highest BCUT2D eigenvalue weighted by Gasteiger charge is 2.48. The van der Waals surface area contributed by atoms with E-state index in [0.29, 0.717) is 13.2 Å². The van der Waals surface area contributed by atoms with Crippen molar-refractivity contribution in [3.63, 3.8) is 0 Å². The molecule has 0 bridgehead atoms. The van der Waals surface area contributed by atoms with Crippen LogP contribution in [-0.4, -0.2) is 36.3 Å². The van der Waals surface area contributed by atoms with Crippen LogP contribution in [0.3, 0.4) is 0 Å². The number of carbonyl (C=O) groups is 3. The fraction of sp³-hybridized carbons (Fsp3) is 0.526. The quantitative estimate of drug-likeness (QED) is 0.796. The summed E-state index contributed by atoms with van der Waals surface area (Å²) in [5.74, 6) is -1.09. The minimum Gasteiger partial charge on any atom is -0.380 e. The average molecular weight is 344 g/mol. The zero-order valence-corrected chi connectivity index (χ0v) is 14.5. The second-order valence-corrected chi connectivity index (χ2v) is 6.74. The molecule has 1 saturated heterocycles. The van der Waals surface area contributed by atoms with E-state index < -0.39 is 0 Å². The lowest BCUT2D eigenvalue weighted by atomic mass is 9.81. The smallest absolute Gasteiger partial charge is 0.240 e. The third-order valence-electron chi connectivity index (χ3n) is 5.13. The zero-order chi connectivity index (χ0) is 17.8. The molecule has 1 aliphatic heterocycles. The number of rotatable bonds is 6. The van der Waals surface area contributed by atoms with E-state index in [1.165, 1.54) is 0 Å². The molecule has 3 rings (SSSR count). The molecule has 2 aliphatic rings. The number of benzene rings is 1. The normalized spacial score (nSPS) is 22.8. The van der Waals surface area contributed by atoms with Crippen LogP contribution >= 0.6 is 0 Å². The molecule has 1 aromatic carbocycles. The first-order chi connectivity index (χ1) is 12.1. The first-order valence-electron chi connectivity index (χ1n) is 8.79. The van der Waals surface area contributed by atoms with Gasteiger partial charge >= 0.3 is 0 Å². The average Bonchev–Trinajstić information content (AvgIpc) is 2.87. The first kappa shape index (κ1) is 17.6. The van der Waals surface area contributed by atoms with E-state index in [1.807, 2.05) is 24.3 Å². The van der Waals surface area contributed by atoms with Crippen molar-refractivity contribution >= 4 is 17.7 Å². The lowest BCUT2D eigenvalue weighted by Crippen LogP contribution is -2.40. The fourth-order valence-electron chi connectivity index (χ4n) is 3.81. The summed E-state index contributed by atoms with van der Waals surface area (Å²) in [7, 11) is 1.62. The van der Waals surface area contributed by atoms with Crippen molar-refractivity contribution in [3.05, 3.63) is 35.4 Å². The predicted octanol–water partition coefficient (Wildman–Crippen LogP) is 1.62. The number of ether oxygens (including phenoxy) is 1. The highest BCUT2D eigenvalue weighted by Crippen LogP contribution is 2.37. The van der Waals surface area contributed by atoms with E-state index in [-0.39, 0.29) is 36.1 Å². The molecular formula is C19H24N2O4. The molecule has 1 N–H and O–H groups in total. The van der Waals surface area contributed by atoms with Gasteiger partial charge in [0.2, 0.25) is 17.7 Å². The van der Waals surface area contributed by atoms with Crippen molar-refractivity contribution < 1.29 is 19.1 Å². The summed E-state index contributed by atoms with van der Waals surface area (Å²) in [6.07, 6.45) is 3.49. The summed E-state index contributed by atoms with van der Waals surface area (Å²) in [5.41, 5.74) is 1.97. The van der Waals surface area contributed by atoms with Crippen LogP contribution in [0.5, 0.6) is 0 Å². The van der Waals surface area contributed by atoms with Gasteiger partial charge < -0.3 is 10.1 Å². The van der Waals surface area contributed by atoms with E-state index in [2.05, 4.69) is 5.32 Å². The Bertz CT molecular complexity index is 649. The van der Waals surface area contributed by atoms with Crippen LogP contribution in [0.2, 0.25) is 0 Å². The molecule has 1 aliphatic carbocycles.